The lowest BCUT2D eigenvalue weighted by molar-refractivity contribution is -0.139. The third-order valence-corrected chi connectivity index (χ3v) is 7.52. The van der Waals surface area contributed by atoms with Crippen molar-refractivity contribution in [3.05, 3.63) is 72.3 Å². The summed E-state index contributed by atoms with van der Waals surface area (Å²) >= 11 is 0. The van der Waals surface area contributed by atoms with Crippen LogP contribution in [0.4, 0.5) is 5.69 Å². The number of hydrogen-bond acceptors (Lipinski definition) is 5. The first kappa shape index (κ1) is 28.0. The number of hydrogen-bond donors (Lipinski definition) is 1. The van der Waals surface area contributed by atoms with Gasteiger partial charge in [-0.3, -0.25) is 13.9 Å². The first-order chi connectivity index (χ1) is 17.5. The van der Waals surface area contributed by atoms with Gasteiger partial charge in [0.1, 0.15) is 18.3 Å². The highest BCUT2D eigenvalue weighted by Crippen LogP contribution is 2.28. The van der Waals surface area contributed by atoms with Crippen LogP contribution < -0.4 is 14.4 Å². The Bertz CT molecular complexity index is 1340. The molecule has 0 saturated carbocycles. The van der Waals surface area contributed by atoms with E-state index < -0.39 is 28.5 Å². The van der Waals surface area contributed by atoms with Crippen molar-refractivity contribution in [3.8, 4) is 5.75 Å². The molecule has 0 spiro atoms. The van der Waals surface area contributed by atoms with Gasteiger partial charge in [-0.2, -0.15) is 0 Å². The van der Waals surface area contributed by atoms with Gasteiger partial charge in [-0.05, 0) is 49.4 Å². The number of anilines is 1. The molecule has 1 N–H and O–H groups in total. The van der Waals surface area contributed by atoms with E-state index in [0.717, 1.165) is 27.9 Å². The molecule has 8 nitrogen and oxygen atoms in total. The van der Waals surface area contributed by atoms with E-state index in [1.807, 2.05) is 56.3 Å². The first-order valence-corrected chi connectivity index (χ1v) is 14.1. The van der Waals surface area contributed by atoms with Crippen LogP contribution in [0.5, 0.6) is 5.75 Å². The van der Waals surface area contributed by atoms with Gasteiger partial charge in [-0.25, -0.2) is 8.42 Å². The predicted molar refractivity (Wildman–Crippen MR) is 147 cm³/mol. The van der Waals surface area contributed by atoms with Crippen LogP contribution in [0.3, 0.4) is 0 Å². The molecule has 198 valence electrons. The van der Waals surface area contributed by atoms with Crippen molar-refractivity contribution in [1.82, 2.24) is 10.2 Å². The van der Waals surface area contributed by atoms with Gasteiger partial charge in [0, 0.05) is 18.0 Å². The minimum absolute atomic E-state index is 0.0592. The monoisotopic (exact) mass is 525 g/mol. The van der Waals surface area contributed by atoms with Gasteiger partial charge < -0.3 is 15.0 Å². The fourth-order valence-electron chi connectivity index (χ4n) is 4.00. The largest absolute Gasteiger partial charge is 0.497 e. The number of carbonyl (C=O) groups is 2. The number of nitrogens with zero attached hydrogens (tertiary/aromatic N) is 2. The van der Waals surface area contributed by atoms with Gasteiger partial charge in [0.05, 0.1) is 19.1 Å². The van der Waals surface area contributed by atoms with Crippen molar-refractivity contribution < 1.29 is 22.7 Å². The molecule has 0 bridgehead atoms. The van der Waals surface area contributed by atoms with E-state index in [1.54, 1.807) is 38.3 Å². The number of sulfonamides is 1. The summed E-state index contributed by atoms with van der Waals surface area (Å²) in [7, 11) is -2.25. The average Bonchev–Trinajstić information content (AvgIpc) is 2.89. The summed E-state index contributed by atoms with van der Waals surface area (Å²) in [5.41, 5.74) is 1.20. The molecular formula is C28H35N3O5S. The number of fused-ring (bicyclic) bond motifs is 1. The zero-order chi connectivity index (χ0) is 27.2. The van der Waals surface area contributed by atoms with Crippen molar-refractivity contribution in [2.75, 3.05) is 24.2 Å². The van der Waals surface area contributed by atoms with E-state index in [1.165, 1.54) is 4.90 Å². The molecule has 0 heterocycles. The Balaban J connectivity index is 1.98. The van der Waals surface area contributed by atoms with Crippen LogP contribution in [0, 0.1) is 0 Å². The number of nitrogens with one attached hydrogen (secondary N) is 1. The van der Waals surface area contributed by atoms with Crippen molar-refractivity contribution in [3.63, 3.8) is 0 Å². The summed E-state index contributed by atoms with van der Waals surface area (Å²) in [5.74, 6) is -0.114. The molecule has 0 radical (unpaired) electrons. The second-order valence-electron chi connectivity index (χ2n) is 9.13. The Labute approximate surface area is 219 Å². The minimum atomic E-state index is -3.82. The molecule has 9 heteroatoms. The fourth-order valence-corrected chi connectivity index (χ4v) is 4.86. The summed E-state index contributed by atoms with van der Waals surface area (Å²) in [5, 5.41) is 4.50. The number of carbonyl (C=O) groups excluding carboxylic acids is 2. The Hall–Kier alpha value is -3.59. The zero-order valence-corrected chi connectivity index (χ0v) is 22.8. The predicted octanol–water partition coefficient (Wildman–Crippen LogP) is 3.95. The van der Waals surface area contributed by atoms with Crippen molar-refractivity contribution >= 4 is 38.3 Å². The molecule has 3 rings (SSSR count). The maximum absolute atomic E-state index is 13.8. The first-order valence-electron chi connectivity index (χ1n) is 12.2. The molecule has 2 amide bonds. The van der Waals surface area contributed by atoms with Crippen LogP contribution in [0.1, 0.15) is 32.8 Å². The number of rotatable bonds is 11. The highest BCUT2D eigenvalue weighted by Gasteiger charge is 2.31. The SMILES string of the molecule is CC[C@H](C)NC(=O)[C@@H](C)N(Cc1ccc(OC)cc1)C(=O)CN(c1cccc2ccccc12)S(C)(=O)=O. The van der Waals surface area contributed by atoms with Gasteiger partial charge in [0.25, 0.3) is 0 Å². The summed E-state index contributed by atoms with van der Waals surface area (Å²) in [4.78, 5) is 28.2. The maximum atomic E-state index is 13.8. The molecule has 2 atom stereocenters. The molecule has 0 aliphatic heterocycles. The van der Waals surface area contributed by atoms with E-state index in [0.29, 0.717) is 16.8 Å². The Morgan fingerprint density at radius 3 is 2.24 bits per heavy atom. The van der Waals surface area contributed by atoms with E-state index in [2.05, 4.69) is 5.32 Å². The summed E-state index contributed by atoms with van der Waals surface area (Å²) in [6, 6.07) is 19.1. The third-order valence-electron chi connectivity index (χ3n) is 6.39. The van der Waals surface area contributed by atoms with Crippen molar-refractivity contribution in [1.29, 1.82) is 0 Å². The van der Waals surface area contributed by atoms with Crippen LogP contribution in [0.2, 0.25) is 0 Å². The fraction of sp³-hybridized carbons (Fsp3) is 0.357. The smallest absolute Gasteiger partial charge is 0.244 e. The molecule has 3 aromatic rings. The lowest BCUT2D eigenvalue weighted by atomic mass is 10.1. The number of amides is 2. The highest BCUT2D eigenvalue weighted by molar-refractivity contribution is 7.92. The summed E-state index contributed by atoms with van der Waals surface area (Å²) in [6.07, 6.45) is 1.82. The summed E-state index contributed by atoms with van der Waals surface area (Å²) in [6.45, 7) is 5.20. The average molecular weight is 526 g/mol. The van der Waals surface area contributed by atoms with Gasteiger partial charge in [0.2, 0.25) is 21.8 Å². The second-order valence-corrected chi connectivity index (χ2v) is 11.0. The minimum Gasteiger partial charge on any atom is -0.497 e. The lowest BCUT2D eigenvalue weighted by Crippen LogP contribution is -2.52. The van der Waals surface area contributed by atoms with E-state index in [-0.39, 0.29) is 18.5 Å². The van der Waals surface area contributed by atoms with Crippen LogP contribution >= 0.6 is 0 Å². The molecule has 0 saturated heterocycles. The Morgan fingerprint density at radius 1 is 0.973 bits per heavy atom. The number of methoxy groups -OCH3 is 1. The molecule has 3 aromatic carbocycles. The Kier molecular flexibility index (Phi) is 9.15. The van der Waals surface area contributed by atoms with Gasteiger partial charge in [0.15, 0.2) is 0 Å². The van der Waals surface area contributed by atoms with Crippen LogP contribution in [0.25, 0.3) is 10.8 Å². The normalized spacial score (nSPS) is 13.0. The lowest BCUT2D eigenvalue weighted by Gasteiger charge is -2.32. The van der Waals surface area contributed by atoms with Gasteiger partial charge >= 0.3 is 0 Å². The van der Waals surface area contributed by atoms with Crippen LogP contribution in [-0.2, 0) is 26.2 Å². The number of ether oxygens (including phenoxy) is 1. The van der Waals surface area contributed by atoms with Crippen LogP contribution in [0.15, 0.2) is 66.7 Å². The molecule has 0 aromatic heterocycles. The molecule has 0 aliphatic carbocycles. The molecular weight excluding hydrogens is 490 g/mol. The van der Waals surface area contributed by atoms with Crippen LogP contribution in [-0.4, -0.2) is 57.1 Å². The quantitative estimate of drug-likeness (QED) is 0.409. The standard InChI is InChI=1S/C28H35N3O5S/c1-6-20(2)29-28(33)21(3)30(18-22-14-16-24(36-4)17-15-22)27(32)19-31(37(5,34)35)26-13-9-11-23-10-7-8-12-25(23)26/h7-17,20-21H,6,18-19H2,1-5H3,(H,29,33)/t20-,21+/m0/s1. The van der Waals surface area contributed by atoms with Crippen molar-refractivity contribution in [2.45, 2.75) is 45.8 Å². The van der Waals surface area contributed by atoms with Crippen molar-refractivity contribution in [2.24, 2.45) is 0 Å². The van der Waals surface area contributed by atoms with E-state index in [9.17, 15) is 18.0 Å². The molecule has 0 unspecified atom stereocenters. The highest BCUT2D eigenvalue weighted by atomic mass is 32.2. The Morgan fingerprint density at radius 2 is 1.62 bits per heavy atom. The number of benzene rings is 3. The van der Waals surface area contributed by atoms with E-state index >= 15 is 0 Å². The zero-order valence-electron chi connectivity index (χ0n) is 22.0. The summed E-state index contributed by atoms with van der Waals surface area (Å²) < 4.78 is 32.2. The maximum Gasteiger partial charge on any atom is 0.244 e. The van der Waals surface area contributed by atoms with E-state index in [4.69, 9.17) is 4.74 Å². The third kappa shape index (κ3) is 7.01. The van der Waals surface area contributed by atoms with Gasteiger partial charge in [-0.1, -0.05) is 55.5 Å². The molecule has 0 fully saturated rings. The van der Waals surface area contributed by atoms with Gasteiger partial charge in [-0.15, -0.1) is 0 Å². The molecule has 37 heavy (non-hydrogen) atoms. The molecule has 0 aliphatic rings. The topological polar surface area (TPSA) is 96.0 Å². The second kappa shape index (κ2) is 12.1.